The standard InChI is InChI=1S/C20H28N2O4.H2O4S/c1-12(2)8-19(23)25-16-9-15-10-18(17(11-16)22(15)3)26-20(24)13-4-6-14(21)7-5-13;1-5(2,3)4/h4-7,12,15-18H,8-11,21H2,1-3H3;(H2,1,2,3,4). The maximum absolute atomic E-state index is 12.4. The van der Waals surface area contributed by atoms with Crippen LogP contribution in [-0.4, -0.2) is 65.7 Å². The van der Waals surface area contributed by atoms with E-state index in [1.54, 1.807) is 24.3 Å². The number of likely N-dealkylation sites (N-methyl/N-ethyl adjacent to an activating group) is 1. The third kappa shape index (κ3) is 8.09. The van der Waals surface area contributed by atoms with Gasteiger partial charge in [0.2, 0.25) is 0 Å². The maximum atomic E-state index is 12.4. The van der Waals surface area contributed by atoms with Crippen LogP contribution in [0.1, 0.15) is 49.9 Å². The predicted octanol–water partition coefficient (Wildman–Crippen LogP) is 1.97. The van der Waals surface area contributed by atoms with Crippen LogP contribution in [0, 0.1) is 5.92 Å². The zero-order valence-electron chi connectivity index (χ0n) is 17.8. The van der Waals surface area contributed by atoms with Crippen LogP contribution in [0.4, 0.5) is 5.69 Å². The van der Waals surface area contributed by atoms with Crippen molar-refractivity contribution in [2.75, 3.05) is 12.8 Å². The highest BCUT2D eigenvalue weighted by Crippen LogP contribution is 2.38. The average molecular weight is 459 g/mol. The van der Waals surface area contributed by atoms with Crippen LogP contribution in [0.25, 0.3) is 0 Å². The minimum absolute atomic E-state index is 0.0864. The van der Waals surface area contributed by atoms with Crippen LogP contribution >= 0.6 is 0 Å². The molecule has 31 heavy (non-hydrogen) atoms. The summed E-state index contributed by atoms with van der Waals surface area (Å²) in [6.45, 7) is 4.01. The molecule has 2 aliphatic heterocycles. The van der Waals surface area contributed by atoms with Gasteiger partial charge in [0.25, 0.3) is 0 Å². The molecule has 3 rings (SSSR count). The molecule has 0 spiro atoms. The van der Waals surface area contributed by atoms with Gasteiger partial charge in [-0.2, -0.15) is 8.42 Å². The average Bonchev–Trinajstić information content (AvgIpc) is 2.79. The molecule has 4 unspecified atom stereocenters. The Morgan fingerprint density at radius 1 is 1.13 bits per heavy atom. The lowest BCUT2D eigenvalue weighted by molar-refractivity contribution is -0.153. The number of carbonyl (C=O) groups is 2. The molecule has 0 saturated carbocycles. The first-order chi connectivity index (χ1) is 14.3. The molecule has 1 aromatic rings. The second-order valence-corrected chi connectivity index (χ2v) is 9.21. The number of ether oxygens (including phenoxy) is 2. The van der Waals surface area contributed by atoms with Gasteiger partial charge in [-0.1, -0.05) is 13.8 Å². The number of benzene rings is 1. The Morgan fingerprint density at radius 3 is 2.26 bits per heavy atom. The number of rotatable bonds is 5. The monoisotopic (exact) mass is 458 g/mol. The minimum Gasteiger partial charge on any atom is -0.462 e. The van der Waals surface area contributed by atoms with Gasteiger partial charge in [0.15, 0.2) is 0 Å². The van der Waals surface area contributed by atoms with Gasteiger partial charge in [0.1, 0.15) is 12.2 Å². The van der Waals surface area contributed by atoms with Crippen molar-refractivity contribution in [3.63, 3.8) is 0 Å². The van der Waals surface area contributed by atoms with E-state index in [0.29, 0.717) is 30.0 Å². The molecule has 174 valence electrons. The summed E-state index contributed by atoms with van der Waals surface area (Å²) in [6.07, 6.45) is 2.46. The molecule has 11 heteroatoms. The Bertz CT molecular complexity index is 864. The summed E-state index contributed by atoms with van der Waals surface area (Å²) in [5.41, 5.74) is 6.78. The van der Waals surface area contributed by atoms with Crippen molar-refractivity contribution in [2.45, 2.75) is 63.8 Å². The van der Waals surface area contributed by atoms with Crippen LogP contribution in [0.2, 0.25) is 0 Å². The van der Waals surface area contributed by atoms with Gasteiger partial charge in [-0.05, 0) is 37.2 Å². The van der Waals surface area contributed by atoms with E-state index in [4.69, 9.17) is 32.7 Å². The van der Waals surface area contributed by atoms with Gasteiger partial charge in [-0.15, -0.1) is 0 Å². The number of nitrogens with zero attached hydrogens (tertiary/aromatic N) is 1. The molecule has 4 atom stereocenters. The molecular formula is C20H30N2O8S. The van der Waals surface area contributed by atoms with Gasteiger partial charge in [0.05, 0.1) is 11.6 Å². The van der Waals surface area contributed by atoms with Gasteiger partial charge >= 0.3 is 22.3 Å². The predicted molar refractivity (Wildman–Crippen MR) is 113 cm³/mol. The summed E-state index contributed by atoms with van der Waals surface area (Å²) in [7, 11) is -2.61. The Hall–Kier alpha value is -2.21. The van der Waals surface area contributed by atoms with E-state index in [0.717, 1.165) is 12.8 Å². The number of nitrogen functional groups attached to an aromatic ring is 1. The van der Waals surface area contributed by atoms with Crippen molar-refractivity contribution in [3.05, 3.63) is 29.8 Å². The van der Waals surface area contributed by atoms with Crippen molar-refractivity contribution in [3.8, 4) is 0 Å². The second-order valence-electron chi connectivity index (χ2n) is 8.32. The normalized spacial score (nSPS) is 25.5. The van der Waals surface area contributed by atoms with Crippen molar-refractivity contribution < 1.29 is 36.6 Å². The molecule has 4 N–H and O–H groups in total. The number of carbonyl (C=O) groups excluding carboxylic acids is 2. The zero-order valence-corrected chi connectivity index (χ0v) is 18.6. The van der Waals surface area contributed by atoms with Gasteiger partial charge in [-0.3, -0.25) is 18.8 Å². The quantitative estimate of drug-likeness (QED) is 0.338. The number of anilines is 1. The van der Waals surface area contributed by atoms with E-state index in [1.165, 1.54) is 0 Å². The molecule has 2 bridgehead atoms. The minimum atomic E-state index is -4.67. The van der Waals surface area contributed by atoms with Crippen LogP contribution in [0.3, 0.4) is 0 Å². The number of hydrogen-bond donors (Lipinski definition) is 3. The molecule has 0 radical (unpaired) electrons. The van der Waals surface area contributed by atoms with Crippen LogP contribution in [0.15, 0.2) is 24.3 Å². The first-order valence-electron chi connectivity index (χ1n) is 10.0. The summed E-state index contributed by atoms with van der Waals surface area (Å²) in [5, 5.41) is 0. The first kappa shape index (κ1) is 25.1. The van der Waals surface area contributed by atoms with Gasteiger partial charge in [0, 0.05) is 37.4 Å². The van der Waals surface area contributed by atoms with Crippen molar-refractivity contribution in [1.29, 1.82) is 0 Å². The van der Waals surface area contributed by atoms with Crippen molar-refractivity contribution in [2.24, 2.45) is 5.92 Å². The Kier molecular flexibility index (Phi) is 8.41. The van der Waals surface area contributed by atoms with E-state index < -0.39 is 10.4 Å². The van der Waals surface area contributed by atoms with Crippen LogP contribution in [0.5, 0.6) is 0 Å². The number of nitrogens with two attached hydrogens (primary N) is 1. The number of piperidine rings is 1. The largest absolute Gasteiger partial charge is 0.462 e. The van der Waals surface area contributed by atoms with E-state index in [9.17, 15) is 9.59 Å². The lowest BCUT2D eigenvalue weighted by Crippen LogP contribution is -2.46. The van der Waals surface area contributed by atoms with Crippen LogP contribution < -0.4 is 5.73 Å². The Balaban J connectivity index is 0.000000614. The number of esters is 2. The van der Waals surface area contributed by atoms with Crippen LogP contribution in [-0.2, 0) is 24.7 Å². The molecule has 2 aliphatic rings. The SMILES string of the molecule is CC(C)CC(=O)OC1CC2CC(OC(=O)c3ccc(N)cc3)C(C1)N2C.O=S(=O)(O)O. The number of hydrogen-bond acceptors (Lipinski definition) is 8. The smallest absolute Gasteiger partial charge is 0.394 e. The summed E-state index contributed by atoms with van der Waals surface area (Å²) >= 11 is 0. The third-order valence-corrected chi connectivity index (χ3v) is 5.35. The molecule has 0 aromatic heterocycles. The van der Waals surface area contributed by atoms with Crippen molar-refractivity contribution >= 4 is 28.0 Å². The lowest BCUT2D eigenvalue weighted by atomic mass is 10.00. The molecule has 0 aliphatic carbocycles. The third-order valence-electron chi connectivity index (χ3n) is 5.35. The topological polar surface area (TPSA) is 156 Å². The Morgan fingerprint density at radius 2 is 1.71 bits per heavy atom. The molecule has 2 heterocycles. The maximum Gasteiger partial charge on any atom is 0.394 e. The van der Waals surface area contributed by atoms with E-state index >= 15 is 0 Å². The molecule has 2 fully saturated rings. The molecule has 10 nitrogen and oxygen atoms in total. The summed E-state index contributed by atoms with van der Waals surface area (Å²) < 4.78 is 43.0. The van der Waals surface area contributed by atoms with Crippen molar-refractivity contribution in [1.82, 2.24) is 4.90 Å². The zero-order chi connectivity index (χ0) is 23.3. The highest BCUT2D eigenvalue weighted by molar-refractivity contribution is 7.79. The summed E-state index contributed by atoms with van der Waals surface area (Å²) in [5.74, 6) is -0.173. The highest BCUT2D eigenvalue weighted by Gasteiger charge is 2.47. The number of fused-ring (bicyclic) bond motifs is 2. The molecular weight excluding hydrogens is 428 g/mol. The molecule has 0 amide bonds. The van der Waals surface area contributed by atoms with E-state index in [-0.39, 0.29) is 36.2 Å². The summed E-state index contributed by atoms with van der Waals surface area (Å²) in [4.78, 5) is 26.7. The fraction of sp³-hybridized carbons (Fsp3) is 0.600. The second kappa shape index (κ2) is 10.4. The fourth-order valence-corrected chi connectivity index (χ4v) is 3.99. The summed E-state index contributed by atoms with van der Waals surface area (Å²) in [6, 6.07) is 7.11. The first-order valence-corrected chi connectivity index (χ1v) is 11.4. The lowest BCUT2D eigenvalue weighted by Gasteiger charge is -2.36. The molecule has 1 aromatic carbocycles. The Labute approximate surface area is 182 Å². The van der Waals surface area contributed by atoms with Gasteiger partial charge in [-0.25, -0.2) is 4.79 Å². The fourth-order valence-electron chi connectivity index (χ4n) is 3.99. The molecule has 2 saturated heterocycles. The van der Waals surface area contributed by atoms with E-state index in [1.807, 2.05) is 13.8 Å². The van der Waals surface area contributed by atoms with E-state index in [2.05, 4.69) is 11.9 Å². The highest BCUT2D eigenvalue weighted by atomic mass is 32.3. The van der Waals surface area contributed by atoms with Gasteiger partial charge < -0.3 is 15.2 Å².